The van der Waals surface area contributed by atoms with E-state index in [4.69, 9.17) is 9.15 Å². The molecule has 176 valence electrons. The van der Waals surface area contributed by atoms with Crippen molar-refractivity contribution in [1.29, 1.82) is 0 Å². The Bertz CT molecular complexity index is 1080. The van der Waals surface area contributed by atoms with Crippen LogP contribution in [-0.2, 0) is 9.53 Å². The molecule has 0 aliphatic heterocycles. The lowest BCUT2D eigenvalue weighted by Crippen LogP contribution is -2.35. The fourth-order valence-corrected chi connectivity index (χ4v) is 3.55. The maximum atomic E-state index is 12.4. The number of carbonyl (C=O) groups is 2. The van der Waals surface area contributed by atoms with Gasteiger partial charge in [-0.3, -0.25) is 4.79 Å². The van der Waals surface area contributed by atoms with E-state index in [-0.39, 0.29) is 5.78 Å². The molecule has 1 heterocycles. The van der Waals surface area contributed by atoms with Crippen LogP contribution in [0.3, 0.4) is 0 Å². The summed E-state index contributed by atoms with van der Waals surface area (Å²) in [4.78, 5) is 23.9. The van der Waals surface area contributed by atoms with Crippen molar-refractivity contribution in [1.82, 2.24) is 15.5 Å². The monoisotopic (exact) mass is 451 g/mol. The number of alkyl carbamates (subject to hydrolysis) is 1. The zero-order valence-electron chi connectivity index (χ0n) is 19.9. The van der Waals surface area contributed by atoms with Crippen molar-refractivity contribution in [2.24, 2.45) is 0 Å². The molecule has 0 aliphatic rings. The van der Waals surface area contributed by atoms with E-state index >= 15 is 0 Å². The number of rotatable bonds is 10. The van der Waals surface area contributed by atoms with Gasteiger partial charge in [-0.05, 0) is 56.5 Å². The Labute approximate surface area is 194 Å². The molecule has 0 aliphatic carbocycles. The second kappa shape index (κ2) is 11.1. The van der Waals surface area contributed by atoms with E-state index in [1.807, 2.05) is 70.2 Å². The van der Waals surface area contributed by atoms with Crippen molar-refractivity contribution in [3.05, 3.63) is 48.4 Å². The van der Waals surface area contributed by atoms with Crippen molar-refractivity contribution in [2.45, 2.75) is 77.9 Å². The van der Waals surface area contributed by atoms with Crippen LogP contribution < -0.4 is 5.32 Å². The van der Waals surface area contributed by atoms with Gasteiger partial charge in [0.05, 0.1) is 0 Å². The van der Waals surface area contributed by atoms with E-state index in [1.165, 1.54) is 0 Å². The molecule has 0 fully saturated rings. The number of ether oxygens (including phenoxy) is 1. The summed E-state index contributed by atoms with van der Waals surface area (Å²) in [6.07, 6.45) is 3.76. The van der Waals surface area contributed by atoms with Crippen LogP contribution in [0.2, 0.25) is 0 Å². The van der Waals surface area contributed by atoms with Crippen LogP contribution in [0.4, 0.5) is 4.79 Å². The molecular weight excluding hydrogens is 418 g/mol. The molecule has 0 saturated carbocycles. The summed E-state index contributed by atoms with van der Waals surface area (Å²) >= 11 is 0. The standard InChI is InChI=1S/C26H33N3O4/c1-5-21(30)13-7-6-8-14-22(27-25(31)33-26(2,3)4)24-29-28-23(32-24)20-16-15-18-11-9-10-12-19(18)17-20/h9-12,15-17,22H,5-8,13-14H2,1-4H3,(H,27,31)/t22-/m0/s1. The van der Waals surface area contributed by atoms with Crippen molar-refractivity contribution >= 4 is 22.6 Å². The van der Waals surface area contributed by atoms with Gasteiger partial charge in [0.15, 0.2) is 0 Å². The predicted octanol–water partition coefficient (Wildman–Crippen LogP) is 6.39. The summed E-state index contributed by atoms with van der Waals surface area (Å²) in [6, 6.07) is 13.6. The average Bonchev–Trinajstić information content (AvgIpc) is 3.26. The largest absolute Gasteiger partial charge is 0.444 e. The van der Waals surface area contributed by atoms with Gasteiger partial charge < -0.3 is 14.5 Å². The van der Waals surface area contributed by atoms with E-state index in [1.54, 1.807) is 0 Å². The zero-order valence-corrected chi connectivity index (χ0v) is 19.9. The molecule has 1 atom stereocenters. The van der Waals surface area contributed by atoms with Crippen LogP contribution in [0.1, 0.15) is 78.2 Å². The maximum absolute atomic E-state index is 12.4. The van der Waals surface area contributed by atoms with Gasteiger partial charge in [-0.15, -0.1) is 10.2 Å². The number of unbranched alkanes of at least 4 members (excludes halogenated alkanes) is 2. The number of ketones is 1. The van der Waals surface area contributed by atoms with Crippen LogP contribution in [-0.4, -0.2) is 27.7 Å². The van der Waals surface area contributed by atoms with Crippen LogP contribution >= 0.6 is 0 Å². The Morgan fingerprint density at radius 1 is 1.03 bits per heavy atom. The summed E-state index contributed by atoms with van der Waals surface area (Å²) in [5.74, 6) is 1.02. The molecular formula is C26H33N3O4. The lowest BCUT2D eigenvalue weighted by molar-refractivity contribution is -0.118. The SMILES string of the molecule is CCC(=O)CCCCC[C@H](NC(=O)OC(C)(C)C)c1nnc(-c2ccc3ccccc3c2)o1. The molecule has 1 N–H and O–H groups in total. The highest BCUT2D eigenvalue weighted by atomic mass is 16.6. The summed E-state index contributed by atoms with van der Waals surface area (Å²) < 4.78 is 11.4. The second-order valence-corrected chi connectivity index (χ2v) is 9.20. The molecule has 1 aromatic heterocycles. The maximum Gasteiger partial charge on any atom is 0.408 e. The van der Waals surface area contributed by atoms with Gasteiger partial charge in [0.25, 0.3) is 0 Å². The lowest BCUT2D eigenvalue weighted by Gasteiger charge is -2.22. The molecule has 0 saturated heterocycles. The fraction of sp³-hybridized carbons (Fsp3) is 0.462. The van der Waals surface area contributed by atoms with Gasteiger partial charge >= 0.3 is 6.09 Å². The number of aromatic nitrogens is 2. The van der Waals surface area contributed by atoms with Crippen LogP contribution in [0.25, 0.3) is 22.2 Å². The van der Waals surface area contributed by atoms with Gasteiger partial charge in [0, 0.05) is 18.4 Å². The number of nitrogens with one attached hydrogen (secondary N) is 1. The number of carbonyl (C=O) groups excluding carboxylic acids is 2. The third kappa shape index (κ3) is 7.41. The second-order valence-electron chi connectivity index (χ2n) is 9.20. The van der Waals surface area contributed by atoms with E-state index in [9.17, 15) is 9.59 Å². The number of nitrogens with zero attached hydrogens (tertiary/aromatic N) is 2. The van der Waals surface area contributed by atoms with Gasteiger partial charge in [-0.25, -0.2) is 4.79 Å². The summed E-state index contributed by atoms with van der Waals surface area (Å²) in [5, 5.41) is 13.5. The third-order valence-corrected chi connectivity index (χ3v) is 5.27. The summed E-state index contributed by atoms with van der Waals surface area (Å²) in [5.41, 5.74) is 0.210. The third-order valence-electron chi connectivity index (χ3n) is 5.27. The number of hydrogen-bond donors (Lipinski definition) is 1. The van der Waals surface area contributed by atoms with E-state index < -0.39 is 17.7 Å². The first kappa shape index (κ1) is 24.4. The lowest BCUT2D eigenvalue weighted by atomic mass is 10.1. The number of Topliss-reactive ketones (excluding diaryl/α,β-unsaturated/α-hetero) is 1. The number of amides is 1. The minimum absolute atomic E-state index is 0.273. The molecule has 1 amide bonds. The minimum atomic E-state index is -0.611. The van der Waals surface area contributed by atoms with Gasteiger partial charge in [-0.1, -0.05) is 50.1 Å². The average molecular weight is 452 g/mol. The Balaban J connectivity index is 1.72. The molecule has 7 heteroatoms. The Kier molecular flexibility index (Phi) is 8.20. The molecule has 0 spiro atoms. The topological polar surface area (TPSA) is 94.3 Å². The van der Waals surface area contributed by atoms with Gasteiger partial charge in [0.1, 0.15) is 17.4 Å². The molecule has 2 aromatic carbocycles. The number of fused-ring (bicyclic) bond motifs is 1. The Hall–Kier alpha value is -3.22. The molecule has 0 unspecified atom stereocenters. The van der Waals surface area contributed by atoms with Crippen LogP contribution in [0, 0.1) is 0 Å². The Morgan fingerprint density at radius 3 is 2.52 bits per heavy atom. The highest BCUT2D eigenvalue weighted by molar-refractivity contribution is 5.86. The fourth-order valence-electron chi connectivity index (χ4n) is 3.55. The van der Waals surface area contributed by atoms with Crippen LogP contribution in [0.15, 0.2) is 46.9 Å². The smallest absolute Gasteiger partial charge is 0.408 e. The van der Waals surface area contributed by atoms with Crippen molar-refractivity contribution in [3.63, 3.8) is 0 Å². The van der Waals surface area contributed by atoms with Gasteiger partial charge in [0.2, 0.25) is 11.8 Å². The molecule has 33 heavy (non-hydrogen) atoms. The first-order chi connectivity index (χ1) is 15.7. The molecule has 3 rings (SSSR count). The number of hydrogen-bond acceptors (Lipinski definition) is 6. The highest BCUT2D eigenvalue weighted by Crippen LogP contribution is 2.27. The van der Waals surface area contributed by atoms with E-state index in [0.717, 1.165) is 35.6 Å². The van der Waals surface area contributed by atoms with Crippen molar-refractivity contribution in [2.75, 3.05) is 0 Å². The summed E-state index contributed by atoms with van der Waals surface area (Å²) in [6.45, 7) is 7.33. The summed E-state index contributed by atoms with van der Waals surface area (Å²) in [7, 11) is 0. The normalized spacial score (nSPS) is 12.5. The van der Waals surface area contributed by atoms with E-state index in [0.29, 0.717) is 31.0 Å². The molecule has 3 aromatic rings. The molecule has 0 radical (unpaired) electrons. The first-order valence-electron chi connectivity index (χ1n) is 11.6. The number of benzene rings is 2. The van der Waals surface area contributed by atoms with Crippen LogP contribution in [0.5, 0.6) is 0 Å². The van der Waals surface area contributed by atoms with Crippen molar-refractivity contribution < 1.29 is 18.7 Å². The molecule has 0 bridgehead atoms. The van der Waals surface area contributed by atoms with E-state index in [2.05, 4.69) is 15.5 Å². The minimum Gasteiger partial charge on any atom is -0.444 e. The Morgan fingerprint density at radius 2 is 1.79 bits per heavy atom. The quantitative estimate of drug-likeness (QED) is 0.359. The predicted molar refractivity (Wildman–Crippen MR) is 128 cm³/mol. The first-order valence-corrected chi connectivity index (χ1v) is 11.6. The van der Waals surface area contributed by atoms with Crippen molar-refractivity contribution in [3.8, 4) is 11.5 Å². The zero-order chi connectivity index (χ0) is 23.8. The molecule has 7 nitrogen and oxygen atoms in total. The van der Waals surface area contributed by atoms with Gasteiger partial charge in [-0.2, -0.15) is 0 Å². The highest BCUT2D eigenvalue weighted by Gasteiger charge is 2.24.